The van der Waals surface area contributed by atoms with Crippen LogP contribution in [0.5, 0.6) is 0 Å². The zero-order valence-electron chi connectivity index (χ0n) is 11.7. The number of hydrogen-bond acceptors (Lipinski definition) is 4. The minimum Gasteiger partial charge on any atom is -0.481 e. The first kappa shape index (κ1) is 14.5. The van der Waals surface area contributed by atoms with Crippen LogP contribution in [0.4, 0.5) is 0 Å². The van der Waals surface area contributed by atoms with Gasteiger partial charge in [-0.1, -0.05) is 12.1 Å². The first-order valence-electron chi connectivity index (χ1n) is 6.67. The summed E-state index contributed by atoms with van der Waals surface area (Å²) in [5, 5.41) is 9.11. The van der Waals surface area contributed by atoms with Crippen molar-refractivity contribution in [1.82, 2.24) is 4.90 Å². The number of ether oxygens (including phenoxy) is 1. The second-order valence-corrected chi connectivity index (χ2v) is 5.13. The standard InChI is InChI=1S/C15H19NO4/c1-10-13(14(17)18)7-8-16(10)9-11-3-5-12(6-4-11)15(19)20-2/h3-6,10,13H,7-9H2,1-2H3,(H,17,18). The first-order chi connectivity index (χ1) is 9.52. The fourth-order valence-corrected chi connectivity index (χ4v) is 2.66. The van der Waals surface area contributed by atoms with Gasteiger partial charge in [-0.05, 0) is 37.6 Å². The van der Waals surface area contributed by atoms with Gasteiger partial charge < -0.3 is 9.84 Å². The molecule has 1 aromatic rings. The fraction of sp³-hybridized carbons (Fsp3) is 0.467. The van der Waals surface area contributed by atoms with Gasteiger partial charge in [0.05, 0.1) is 18.6 Å². The van der Waals surface area contributed by atoms with E-state index in [0.29, 0.717) is 18.5 Å². The molecule has 1 saturated heterocycles. The van der Waals surface area contributed by atoms with Crippen molar-refractivity contribution in [1.29, 1.82) is 0 Å². The lowest BCUT2D eigenvalue weighted by Gasteiger charge is -2.23. The average Bonchev–Trinajstić information content (AvgIpc) is 2.80. The molecule has 2 rings (SSSR count). The Morgan fingerprint density at radius 2 is 2.00 bits per heavy atom. The summed E-state index contributed by atoms with van der Waals surface area (Å²) in [6, 6.07) is 7.26. The van der Waals surface area contributed by atoms with Crippen LogP contribution in [0.3, 0.4) is 0 Å². The molecule has 0 saturated carbocycles. The second-order valence-electron chi connectivity index (χ2n) is 5.13. The highest BCUT2D eigenvalue weighted by Gasteiger charge is 2.35. The summed E-state index contributed by atoms with van der Waals surface area (Å²) in [6.07, 6.45) is 0.691. The number of methoxy groups -OCH3 is 1. The molecule has 5 nitrogen and oxygen atoms in total. The van der Waals surface area contributed by atoms with E-state index in [9.17, 15) is 9.59 Å². The van der Waals surface area contributed by atoms with Crippen LogP contribution in [0, 0.1) is 5.92 Å². The van der Waals surface area contributed by atoms with Crippen molar-refractivity contribution in [2.24, 2.45) is 5.92 Å². The summed E-state index contributed by atoms with van der Waals surface area (Å²) in [4.78, 5) is 24.6. The maximum Gasteiger partial charge on any atom is 0.337 e. The smallest absolute Gasteiger partial charge is 0.337 e. The predicted molar refractivity (Wildman–Crippen MR) is 73.4 cm³/mol. The molecule has 108 valence electrons. The normalized spacial score (nSPS) is 22.7. The van der Waals surface area contributed by atoms with Crippen molar-refractivity contribution in [3.63, 3.8) is 0 Å². The number of hydrogen-bond donors (Lipinski definition) is 1. The van der Waals surface area contributed by atoms with Gasteiger partial charge in [0.25, 0.3) is 0 Å². The molecule has 0 amide bonds. The quantitative estimate of drug-likeness (QED) is 0.850. The van der Waals surface area contributed by atoms with Crippen molar-refractivity contribution in [2.75, 3.05) is 13.7 Å². The maximum absolute atomic E-state index is 11.3. The average molecular weight is 277 g/mol. The van der Waals surface area contributed by atoms with E-state index in [1.54, 1.807) is 12.1 Å². The minimum absolute atomic E-state index is 0.0350. The van der Waals surface area contributed by atoms with Gasteiger partial charge >= 0.3 is 11.9 Å². The third-order valence-corrected chi connectivity index (χ3v) is 3.96. The number of likely N-dealkylation sites (tertiary alicyclic amines) is 1. The molecule has 20 heavy (non-hydrogen) atoms. The zero-order valence-corrected chi connectivity index (χ0v) is 11.7. The molecule has 0 radical (unpaired) electrons. The van der Waals surface area contributed by atoms with Crippen LogP contribution >= 0.6 is 0 Å². The van der Waals surface area contributed by atoms with E-state index >= 15 is 0 Å². The Labute approximate surface area is 118 Å². The Morgan fingerprint density at radius 1 is 1.35 bits per heavy atom. The van der Waals surface area contributed by atoms with E-state index in [4.69, 9.17) is 5.11 Å². The Morgan fingerprint density at radius 3 is 2.50 bits per heavy atom. The molecular formula is C15H19NO4. The van der Waals surface area contributed by atoms with Crippen molar-refractivity contribution >= 4 is 11.9 Å². The van der Waals surface area contributed by atoms with Gasteiger partial charge in [0.2, 0.25) is 0 Å². The number of carboxylic acid groups (broad SMARTS) is 1. The Bertz CT molecular complexity index is 497. The van der Waals surface area contributed by atoms with E-state index in [1.165, 1.54) is 7.11 Å². The molecule has 1 N–H and O–H groups in total. The van der Waals surface area contributed by atoms with Gasteiger partial charge in [-0.15, -0.1) is 0 Å². The molecule has 0 spiro atoms. The van der Waals surface area contributed by atoms with Gasteiger partial charge in [0, 0.05) is 12.6 Å². The summed E-state index contributed by atoms with van der Waals surface area (Å²) < 4.78 is 4.65. The van der Waals surface area contributed by atoms with Crippen molar-refractivity contribution in [3.05, 3.63) is 35.4 Å². The number of carbonyl (C=O) groups excluding carboxylic acids is 1. The van der Waals surface area contributed by atoms with Crippen LogP contribution in [0.25, 0.3) is 0 Å². The van der Waals surface area contributed by atoms with Gasteiger partial charge in [-0.3, -0.25) is 9.69 Å². The van der Waals surface area contributed by atoms with Crippen LogP contribution in [-0.2, 0) is 16.1 Å². The minimum atomic E-state index is -0.721. The maximum atomic E-state index is 11.3. The van der Waals surface area contributed by atoms with E-state index < -0.39 is 5.97 Å². The number of carbonyl (C=O) groups is 2. The number of nitrogens with zero attached hydrogens (tertiary/aromatic N) is 1. The molecule has 2 atom stereocenters. The van der Waals surface area contributed by atoms with Gasteiger partial charge in [-0.25, -0.2) is 4.79 Å². The third-order valence-electron chi connectivity index (χ3n) is 3.96. The summed E-state index contributed by atoms with van der Waals surface area (Å²) in [5.41, 5.74) is 1.59. The summed E-state index contributed by atoms with van der Waals surface area (Å²) in [7, 11) is 1.36. The van der Waals surface area contributed by atoms with E-state index in [2.05, 4.69) is 9.64 Å². The first-order valence-corrected chi connectivity index (χ1v) is 6.67. The number of carboxylic acids is 1. The predicted octanol–water partition coefficient (Wildman–Crippen LogP) is 1.77. The lowest BCUT2D eigenvalue weighted by molar-refractivity contribution is -0.142. The highest BCUT2D eigenvalue weighted by atomic mass is 16.5. The Hall–Kier alpha value is -1.88. The zero-order chi connectivity index (χ0) is 14.7. The van der Waals surface area contributed by atoms with Crippen LogP contribution in [0.15, 0.2) is 24.3 Å². The second kappa shape index (κ2) is 6.05. The van der Waals surface area contributed by atoms with Crippen LogP contribution in [0.2, 0.25) is 0 Å². The van der Waals surface area contributed by atoms with Gasteiger partial charge in [0.15, 0.2) is 0 Å². The van der Waals surface area contributed by atoms with Crippen molar-refractivity contribution in [2.45, 2.75) is 25.9 Å². The lowest BCUT2D eigenvalue weighted by atomic mass is 10.0. The monoisotopic (exact) mass is 277 g/mol. The summed E-state index contributed by atoms with van der Waals surface area (Å²) in [5.74, 6) is -1.36. The Kier molecular flexibility index (Phi) is 4.39. The van der Waals surface area contributed by atoms with Crippen molar-refractivity contribution < 1.29 is 19.4 Å². The molecule has 1 aromatic carbocycles. The highest BCUT2D eigenvalue weighted by Crippen LogP contribution is 2.26. The molecule has 0 aliphatic carbocycles. The van der Waals surface area contributed by atoms with E-state index in [0.717, 1.165) is 12.1 Å². The third kappa shape index (κ3) is 2.99. The van der Waals surface area contributed by atoms with Crippen LogP contribution in [-0.4, -0.2) is 41.6 Å². The molecule has 1 aliphatic rings. The SMILES string of the molecule is COC(=O)c1ccc(CN2CCC(C(=O)O)C2C)cc1. The van der Waals surface area contributed by atoms with E-state index in [1.807, 2.05) is 19.1 Å². The van der Waals surface area contributed by atoms with Crippen LogP contribution < -0.4 is 0 Å². The van der Waals surface area contributed by atoms with E-state index in [-0.39, 0.29) is 17.9 Å². The highest BCUT2D eigenvalue weighted by molar-refractivity contribution is 5.89. The molecular weight excluding hydrogens is 258 g/mol. The van der Waals surface area contributed by atoms with Gasteiger partial charge in [0.1, 0.15) is 0 Å². The number of aliphatic carboxylic acids is 1. The number of benzene rings is 1. The molecule has 1 heterocycles. The van der Waals surface area contributed by atoms with Crippen LogP contribution in [0.1, 0.15) is 29.3 Å². The molecule has 1 aliphatic heterocycles. The molecule has 5 heteroatoms. The topological polar surface area (TPSA) is 66.8 Å². The lowest BCUT2D eigenvalue weighted by Crippen LogP contribution is -2.32. The Balaban J connectivity index is 2.01. The largest absolute Gasteiger partial charge is 0.481 e. The number of rotatable bonds is 4. The summed E-state index contributed by atoms with van der Waals surface area (Å²) in [6.45, 7) is 3.44. The number of esters is 1. The van der Waals surface area contributed by atoms with Crippen molar-refractivity contribution in [3.8, 4) is 0 Å². The molecule has 0 bridgehead atoms. The molecule has 0 aromatic heterocycles. The van der Waals surface area contributed by atoms with Gasteiger partial charge in [-0.2, -0.15) is 0 Å². The summed E-state index contributed by atoms with van der Waals surface area (Å²) >= 11 is 0. The molecule has 1 fully saturated rings. The molecule has 2 unspecified atom stereocenters. The fourth-order valence-electron chi connectivity index (χ4n) is 2.66.